The van der Waals surface area contributed by atoms with Crippen LogP contribution in [0.4, 0.5) is 44.8 Å². The highest BCUT2D eigenvalue weighted by Gasteiger charge is 2.34. The zero-order valence-electron chi connectivity index (χ0n) is 18.5. The average Bonchev–Trinajstić information content (AvgIpc) is 2.86. The highest BCUT2D eigenvalue weighted by molar-refractivity contribution is 5.92. The minimum absolute atomic E-state index is 0.0241. The van der Waals surface area contributed by atoms with Crippen LogP contribution in [0.1, 0.15) is 27.3 Å². The number of anilines is 3. The van der Waals surface area contributed by atoms with Crippen LogP contribution in [0, 0.1) is 6.57 Å². The van der Waals surface area contributed by atoms with Gasteiger partial charge in [0, 0.05) is 17.8 Å². The average molecular weight is 503 g/mol. The van der Waals surface area contributed by atoms with Gasteiger partial charge in [0.05, 0.1) is 42.8 Å². The SMILES string of the molecule is [C-]#[N+]c1ccc(N2CCc3c(ncnc3Nc3ccc(C(=O)NCC(F)F)nc3)C2)cc1C(F)(F)F. The number of carbonyl (C=O) groups is 1. The number of hydrogen-bond acceptors (Lipinski definition) is 6. The number of amides is 1. The van der Waals surface area contributed by atoms with Crippen LogP contribution in [0.3, 0.4) is 0 Å². The van der Waals surface area contributed by atoms with E-state index in [-0.39, 0.29) is 12.2 Å². The molecule has 8 nitrogen and oxygen atoms in total. The Morgan fingerprint density at radius 1 is 1.17 bits per heavy atom. The van der Waals surface area contributed by atoms with E-state index in [2.05, 4.69) is 30.4 Å². The Kier molecular flexibility index (Phi) is 6.96. The van der Waals surface area contributed by atoms with Gasteiger partial charge in [0.2, 0.25) is 0 Å². The molecular formula is C23H18F5N7O. The number of carbonyl (C=O) groups excluding carboxylic acids is 1. The molecule has 2 aromatic heterocycles. The summed E-state index contributed by atoms with van der Waals surface area (Å²) in [5.74, 6) is -0.241. The van der Waals surface area contributed by atoms with Crippen LogP contribution in [-0.2, 0) is 19.1 Å². The van der Waals surface area contributed by atoms with Crippen LogP contribution in [0.15, 0.2) is 42.9 Å². The van der Waals surface area contributed by atoms with Crippen molar-refractivity contribution in [1.82, 2.24) is 20.3 Å². The van der Waals surface area contributed by atoms with Crippen molar-refractivity contribution in [1.29, 1.82) is 0 Å². The zero-order valence-corrected chi connectivity index (χ0v) is 18.5. The molecule has 0 aliphatic carbocycles. The predicted octanol–water partition coefficient (Wildman–Crippen LogP) is 4.74. The van der Waals surface area contributed by atoms with Crippen LogP contribution in [0.2, 0.25) is 0 Å². The second kappa shape index (κ2) is 10.1. The number of halogens is 5. The van der Waals surface area contributed by atoms with E-state index < -0.39 is 36.3 Å². The molecule has 0 saturated heterocycles. The van der Waals surface area contributed by atoms with Gasteiger partial charge in [0.15, 0.2) is 5.69 Å². The van der Waals surface area contributed by atoms with Crippen LogP contribution in [-0.4, -0.2) is 40.4 Å². The summed E-state index contributed by atoms with van der Waals surface area (Å²) >= 11 is 0. The fraction of sp³-hybridized carbons (Fsp3) is 0.261. The number of benzene rings is 1. The molecule has 4 rings (SSSR count). The lowest BCUT2D eigenvalue weighted by Gasteiger charge is -2.31. The van der Waals surface area contributed by atoms with Crippen molar-refractivity contribution in [3.63, 3.8) is 0 Å². The topological polar surface area (TPSA) is 87.4 Å². The molecule has 13 heteroatoms. The maximum atomic E-state index is 13.4. The maximum Gasteiger partial charge on any atom is 0.407 e. The second-order valence-corrected chi connectivity index (χ2v) is 7.79. The molecule has 186 valence electrons. The molecule has 0 saturated carbocycles. The normalized spacial score (nSPS) is 13.2. The summed E-state index contributed by atoms with van der Waals surface area (Å²) in [5, 5.41) is 5.15. The first-order valence-corrected chi connectivity index (χ1v) is 10.6. The Labute approximate surface area is 202 Å². The fourth-order valence-electron chi connectivity index (χ4n) is 3.73. The number of hydrogen-bond donors (Lipinski definition) is 2. The van der Waals surface area contributed by atoms with E-state index in [1.165, 1.54) is 24.7 Å². The monoisotopic (exact) mass is 503 g/mol. The van der Waals surface area contributed by atoms with Crippen molar-refractivity contribution in [2.24, 2.45) is 0 Å². The van der Waals surface area contributed by atoms with Gasteiger partial charge in [-0.15, -0.1) is 0 Å². The fourth-order valence-corrected chi connectivity index (χ4v) is 3.73. The van der Waals surface area contributed by atoms with E-state index in [0.717, 1.165) is 17.7 Å². The minimum Gasteiger partial charge on any atom is -0.365 e. The van der Waals surface area contributed by atoms with Crippen molar-refractivity contribution < 1.29 is 26.7 Å². The molecule has 0 fully saturated rings. The third-order valence-electron chi connectivity index (χ3n) is 5.45. The van der Waals surface area contributed by atoms with E-state index in [0.29, 0.717) is 35.9 Å². The van der Waals surface area contributed by atoms with Crippen molar-refractivity contribution in [2.45, 2.75) is 25.6 Å². The number of nitrogens with zero attached hydrogens (tertiary/aromatic N) is 5. The first kappa shape index (κ1) is 24.8. The molecule has 0 radical (unpaired) electrons. The molecular weight excluding hydrogens is 485 g/mol. The molecule has 3 heterocycles. The third kappa shape index (κ3) is 5.48. The van der Waals surface area contributed by atoms with Gasteiger partial charge in [0.25, 0.3) is 12.3 Å². The summed E-state index contributed by atoms with van der Waals surface area (Å²) in [6.07, 6.45) is -4.19. The number of alkyl halides is 5. The number of nitrogens with one attached hydrogen (secondary N) is 2. The first-order valence-electron chi connectivity index (χ1n) is 10.6. The molecule has 36 heavy (non-hydrogen) atoms. The molecule has 1 aliphatic heterocycles. The van der Waals surface area contributed by atoms with Crippen molar-refractivity contribution in [3.05, 3.63) is 76.8 Å². The first-order chi connectivity index (χ1) is 17.2. The Morgan fingerprint density at radius 2 is 1.97 bits per heavy atom. The summed E-state index contributed by atoms with van der Waals surface area (Å²) < 4.78 is 64.6. The Hall–Kier alpha value is -4.34. The molecule has 0 bridgehead atoms. The number of aromatic nitrogens is 3. The van der Waals surface area contributed by atoms with Gasteiger partial charge in [-0.3, -0.25) is 4.79 Å². The van der Waals surface area contributed by atoms with Crippen LogP contribution < -0.4 is 15.5 Å². The van der Waals surface area contributed by atoms with Gasteiger partial charge in [-0.2, -0.15) is 13.2 Å². The maximum absolute atomic E-state index is 13.4. The molecule has 1 aromatic carbocycles. The highest BCUT2D eigenvalue weighted by atomic mass is 19.4. The van der Waals surface area contributed by atoms with Gasteiger partial charge in [0.1, 0.15) is 17.8 Å². The number of pyridine rings is 1. The van der Waals surface area contributed by atoms with Crippen molar-refractivity contribution in [3.8, 4) is 0 Å². The Balaban J connectivity index is 1.50. The van der Waals surface area contributed by atoms with Gasteiger partial charge in [-0.1, -0.05) is 6.07 Å². The Bertz CT molecular complexity index is 1310. The lowest BCUT2D eigenvalue weighted by atomic mass is 10.0. The minimum atomic E-state index is -4.64. The van der Waals surface area contributed by atoms with Gasteiger partial charge >= 0.3 is 6.18 Å². The van der Waals surface area contributed by atoms with E-state index in [9.17, 15) is 26.7 Å². The lowest BCUT2D eigenvalue weighted by Crippen LogP contribution is -2.32. The highest BCUT2D eigenvalue weighted by Crippen LogP contribution is 2.39. The van der Waals surface area contributed by atoms with E-state index in [1.807, 2.05) is 0 Å². The van der Waals surface area contributed by atoms with Crippen LogP contribution >= 0.6 is 0 Å². The van der Waals surface area contributed by atoms with Crippen molar-refractivity contribution >= 4 is 28.8 Å². The number of fused-ring (bicyclic) bond motifs is 1. The molecule has 0 spiro atoms. The lowest BCUT2D eigenvalue weighted by molar-refractivity contribution is -0.136. The van der Waals surface area contributed by atoms with Gasteiger partial charge in [-0.25, -0.2) is 28.6 Å². The van der Waals surface area contributed by atoms with Crippen LogP contribution in [0.25, 0.3) is 4.85 Å². The molecule has 3 aromatic rings. The summed E-state index contributed by atoms with van der Waals surface area (Å²) in [4.78, 5) is 29.1. The van der Waals surface area contributed by atoms with E-state index in [4.69, 9.17) is 6.57 Å². The number of rotatable bonds is 6. The third-order valence-corrected chi connectivity index (χ3v) is 5.45. The smallest absolute Gasteiger partial charge is 0.365 e. The van der Waals surface area contributed by atoms with Gasteiger partial charge in [-0.05, 0) is 30.7 Å². The Morgan fingerprint density at radius 3 is 2.64 bits per heavy atom. The zero-order chi connectivity index (χ0) is 25.9. The van der Waals surface area contributed by atoms with Crippen LogP contribution in [0.5, 0.6) is 0 Å². The summed E-state index contributed by atoms with van der Waals surface area (Å²) in [6.45, 7) is 6.86. The second-order valence-electron chi connectivity index (χ2n) is 7.79. The molecule has 1 amide bonds. The van der Waals surface area contributed by atoms with E-state index >= 15 is 0 Å². The predicted molar refractivity (Wildman–Crippen MR) is 120 cm³/mol. The summed E-state index contributed by atoms with van der Waals surface area (Å²) in [6, 6.07) is 6.55. The van der Waals surface area contributed by atoms with E-state index in [1.54, 1.807) is 11.0 Å². The van der Waals surface area contributed by atoms with Crippen molar-refractivity contribution in [2.75, 3.05) is 23.3 Å². The largest absolute Gasteiger partial charge is 0.407 e. The molecule has 1 aliphatic rings. The summed E-state index contributed by atoms with van der Waals surface area (Å²) in [5.41, 5.74) is 0.767. The summed E-state index contributed by atoms with van der Waals surface area (Å²) in [7, 11) is 0. The van der Waals surface area contributed by atoms with Gasteiger partial charge < -0.3 is 15.5 Å². The quantitative estimate of drug-likeness (QED) is 0.373. The molecule has 0 unspecified atom stereocenters. The molecule has 0 atom stereocenters. The molecule has 2 N–H and O–H groups in total. The standard InChI is InChI=1S/C23H18F5N7O/c1-29-17-5-3-14(8-16(17)23(26,27)28)35-7-6-15-19(11-35)32-12-33-21(15)34-13-2-4-18(30-9-13)22(36)31-10-20(24)25/h2-5,8-9,12,20H,6-7,10-11H2,(H,31,36)(H,32,33,34).